The van der Waals surface area contributed by atoms with E-state index in [1.54, 1.807) is 6.20 Å². The van der Waals surface area contributed by atoms with Crippen LogP contribution in [-0.2, 0) is 0 Å². The number of hydrogen-bond acceptors (Lipinski definition) is 2. The first kappa shape index (κ1) is 11.2. The Bertz CT molecular complexity index is 484. The quantitative estimate of drug-likeness (QED) is 0.746. The maximum atomic E-state index is 6.09. The van der Waals surface area contributed by atoms with Gasteiger partial charge >= 0.3 is 0 Å². The van der Waals surface area contributed by atoms with Crippen LogP contribution in [0.1, 0.15) is 19.8 Å². The van der Waals surface area contributed by atoms with Crippen molar-refractivity contribution >= 4 is 22.5 Å². The van der Waals surface area contributed by atoms with Crippen molar-refractivity contribution in [3.8, 4) is 5.75 Å². The monoisotopic (exact) mass is 235 g/mol. The largest absolute Gasteiger partial charge is 0.491 e. The third-order valence-corrected chi connectivity index (χ3v) is 2.76. The van der Waals surface area contributed by atoms with E-state index < -0.39 is 0 Å². The lowest BCUT2D eigenvalue weighted by Crippen LogP contribution is -1.97. The van der Waals surface area contributed by atoms with E-state index in [2.05, 4.69) is 11.9 Å². The van der Waals surface area contributed by atoms with Crippen LogP contribution in [-0.4, -0.2) is 11.6 Å². The van der Waals surface area contributed by atoms with E-state index in [1.165, 1.54) is 0 Å². The van der Waals surface area contributed by atoms with Crippen molar-refractivity contribution in [2.24, 2.45) is 0 Å². The maximum Gasteiger partial charge on any atom is 0.145 e. The summed E-state index contributed by atoms with van der Waals surface area (Å²) in [6.45, 7) is 2.87. The lowest BCUT2D eigenvalue weighted by molar-refractivity contribution is 0.312. The van der Waals surface area contributed by atoms with Gasteiger partial charge in [-0.05, 0) is 30.7 Å². The zero-order valence-corrected chi connectivity index (χ0v) is 10.00. The van der Waals surface area contributed by atoms with Crippen LogP contribution in [0.25, 0.3) is 10.9 Å². The summed E-state index contributed by atoms with van der Waals surface area (Å²) in [4.78, 5) is 4.31. The summed E-state index contributed by atoms with van der Waals surface area (Å²) in [7, 11) is 0. The molecule has 0 atom stereocenters. The van der Waals surface area contributed by atoms with Gasteiger partial charge in [0.25, 0.3) is 0 Å². The fraction of sp³-hybridized carbons (Fsp3) is 0.308. The van der Waals surface area contributed by atoms with Crippen LogP contribution in [0, 0.1) is 0 Å². The number of halogens is 1. The van der Waals surface area contributed by atoms with Crippen molar-refractivity contribution < 1.29 is 4.74 Å². The van der Waals surface area contributed by atoms with Gasteiger partial charge in [-0.15, -0.1) is 0 Å². The maximum absolute atomic E-state index is 6.09. The number of aromatic nitrogens is 1. The van der Waals surface area contributed by atoms with Gasteiger partial charge < -0.3 is 4.74 Å². The Hall–Kier alpha value is -1.28. The molecule has 0 saturated carbocycles. The highest BCUT2D eigenvalue weighted by Crippen LogP contribution is 2.29. The minimum atomic E-state index is 0.714. The average molecular weight is 236 g/mol. The van der Waals surface area contributed by atoms with Crippen molar-refractivity contribution in [2.75, 3.05) is 6.61 Å². The number of ether oxygens (including phenoxy) is 1. The van der Waals surface area contributed by atoms with Gasteiger partial charge in [-0.25, -0.2) is 0 Å². The molecular formula is C13H14ClNO. The Morgan fingerprint density at radius 1 is 1.31 bits per heavy atom. The molecule has 1 heterocycles. The average Bonchev–Trinajstić information content (AvgIpc) is 2.33. The molecule has 2 rings (SSSR count). The SMILES string of the molecule is CCCCOc1ccc(Cl)c2cccnc12. The third kappa shape index (κ3) is 2.27. The number of pyridine rings is 1. The predicted octanol–water partition coefficient (Wildman–Crippen LogP) is 4.07. The lowest BCUT2D eigenvalue weighted by Gasteiger charge is -2.08. The molecule has 2 aromatic rings. The molecule has 0 N–H and O–H groups in total. The van der Waals surface area contributed by atoms with E-state index >= 15 is 0 Å². The molecule has 1 aromatic carbocycles. The molecule has 0 aliphatic heterocycles. The summed E-state index contributed by atoms with van der Waals surface area (Å²) in [6, 6.07) is 7.57. The Labute approximate surface area is 100 Å². The molecule has 3 heteroatoms. The molecular weight excluding hydrogens is 222 g/mol. The van der Waals surface area contributed by atoms with E-state index in [-0.39, 0.29) is 0 Å². The number of hydrogen-bond donors (Lipinski definition) is 0. The van der Waals surface area contributed by atoms with Gasteiger partial charge in [0.05, 0.1) is 11.6 Å². The second-order valence-corrected chi connectivity index (χ2v) is 4.05. The van der Waals surface area contributed by atoms with Crippen LogP contribution >= 0.6 is 11.6 Å². The molecule has 2 nitrogen and oxygen atoms in total. The minimum Gasteiger partial charge on any atom is -0.491 e. The van der Waals surface area contributed by atoms with Crippen LogP contribution in [0.15, 0.2) is 30.5 Å². The summed E-state index contributed by atoms with van der Waals surface area (Å²) >= 11 is 6.09. The molecule has 0 aliphatic rings. The highest BCUT2D eigenvalue weighted by atomic mass is 35.5. The molecule has 0 amide bonds. The highest BCUT2D eigenvalue weighted by molar-refractivity contribution is 6.35. The number of unbranched alkanes of at least 4 members (excludes halogenated alkanes) is 1. The summed E-state index contributed by atoms with van der Waals surface area (Å²) in [5.41, 5.74) is 0.839. The molecule has 0 spiro atoms. The van der Waals surface area contributed by atoms with Crippen molar-refractivity contribution in [1.29, 1.82) is 0 Å². The van der Waals surface area contributed by atoms with E-state index in [0.29, 0.717) is 5.02 Å². The molecule has 0 unspecified atom stereocenters. The van der Waals surface area contributed by atoms with Crippen LogP contribution in [0.4, 0.5) is 0 Å². The molecule has 0 bridgehead atoms. The normalized spacial score (nSPS) is 10.6. The van der Waals surface area contributed by atoms with Crippen molar-refractivity contribution in [1.82, 2.24) is 4.98 Å². The predicted molar refractivity (Wildman–Crippen MR) is 67.2 cm³/mol. The summed E-state index contributed by atoms with van der Waals surface area (Å²) < 4.78 is 5.69. The fourth-order valence-electron chi connectivity index (χ4n) is 1.55. The van der Waals surface area contributed by atoms with E-state index in [0.717, 1.165) is 36.1 Å². The molecule has 1 aromatic heterocycles. The molecule has 0 aliphatic carbocycles. The van der Waals surface area contributed by atoms with Gasteiger partial charge in [0.15, 0.2) is 0 Å². The molecule has 84 valence electrons. The number of fused-ring (bicyclic) bond motifs is 1. The van der Waals surface area contributed by atoms with Crippen molar-refractivity contribution in [3.05, 3.63) is 35.5 Å². The topological polar surface area (TPSA) is 22.1 Å². The van der Waals surface area contributed by atoms with Gasteiger partial charge in [-0.3, -0.25) is 4.98 Å². The molecule has 16 heavy (non-hydrogen) atoms. The zero-order chi connectivity index (χ0) is 11.4. The first-order valence-corrected chi connectivity index (χ1v) is 5.86. The number of benzene rings is 1. The van der Waals surface area contributed by atoms with E-state index in [9.17, 15) is 0 Å². The van der Waals surface area contributed by atoms with Gasteiger partial charge in [-0.1, -0.05) is 24.9 Å². The summed E-state index contributed by atoms with van der Waals surface area (Å²) in [6.07, 6.45) is 3.93. The second-order valence-electron chi connectivity index (χ2n) is 3.65. The van der Waals surface area contributed by atoms with Gasteiger partial charge in [0, 0.05) is 11.6 Å². The Kier molecular flexibility index (Phi) is 3.62. The first-order valence-electron chi connectivity index (χ1n) is 5.49. The summed E-state index contributed by atoms with van der Waals surface area (Å²) in [5.74, 6) is 0.813. The number of rotatable bonds is 4. The highest BCUT2D eigenvalue weighted by Gasteiger charge is 2.05. The van der Waals surface area contributed by atoms with Gasteiger partial charge in [-0.2, -0.15) is 0 Å². The Balaban J connectivity index is 2.35. The Morgan fingerprint density at radius 3 is 3.00 bits per heavy atom. The lowest BCUT2D eigenvalue weighted by atomic mass is 10.2. The van der Waals surface area contributed by atoms with Crippen molar-refractivity contribution in [3.63, 3.8) is 0 Å². The minimum absolute atomic E-state index is 0.714. The van der Waals surface area contributed by atoms with E-state index in [1.807, 2.05) is 24.3 Å². The number of nitrogens with zero attached hydrogens (tertiary/aromatic N) is 1. The van der Waals surface area contributed by atoms with Gasteiger partial charge in [0.1, 0.15) is 11.3 Å². The standard InChI is InChI=1S/C13H14ClNO/c1-2-3-9-16-12-7-6-11(14)10-5-4-8-15-13(10)12/h4-8H,2-3,9H2,1H3. The van der Waals surface area contributed by atoms with Crippen LogP contribution < -0.4 is 4.74 Å². The van der Waals surface area contributed by atoms with Crippen molar-refractivity contribution in [2.45, 2.75) is 19.8 Å². The Morgan fingerprint density at radius 2 is 2.19 bits per heavy atom. The van der Waals surface area contributed by atoms with Crippen LogP contribution in [0.3, 0.4) is 0 Å². The zero-order valence-electron chi connectivity index (χ0n) is 9.24. The second kappa shape index (κ2) is 5.17. The van der Waals surface area contributed by atoms with E-state index in [4.69, 9.17) is 16.3 Å². The third-order valence-electron chi connectivity index (χ3n) is 2.43. The first-order chi connectivity index (χ1) is 7.83. The molecule has 0 saturated heterocycles. The molecule has 0 radical (unpaired) electrons. The van der Waals surface area contributed by atoms with Crippen LogP contribution in [0.5, 0.6) is 5.75 Å². The summed E-state index contributed by atoms with van der Waals surface area (Å²) in [5, 5.41) is 1.66. The smallest absolute Gasteiger partial charge is 0.145 e. The fourth-order valence-corrected chi connectivity index (χ4v) is 1.77. The molecule has 0 fully saturated rings. The van der Waals surface area contributed by atoms with Crippen LogP contribution in [0.2, 0.25) is 5.02 Å². The van der Waals surface area contributed by atoms with Gasteiger partial charge in [0.2, 0.25) is 0 Å².